The van der Waals surface area contributed by atoms with E-state index < -0.39 is 5.82 Å². The van der Waals surface area contributed by atoms with Crippen LogP contribution in [0.1, 0.15) is 17.5 Å². The van der Waals surface area contributed by atoms with E-state index in [0.717, 1.165) is 10.9 Å². The first kappa shape index (κ1) is 18.6. The van der Waals surface area contributed by atoms with Crippen LogP contribution in [0.5, 0.6) is 0 Å². The molecule has 0 radical (unpaired) electrons. The minimum Gasteiger partial charge on any atom is -0.396 e. The van der Waals surface area contributed by atoms with Crippen molar-refractivity contribution in [3.05, 3.63) is 65.9 Å². The van der Waals surface area contributed by atoms with E-state index in [4.69, 9.17) is 5.11 Å². The Balaban J connectivity index is 1.59. The Bertz CT molecular complexity index is 1190. The first-order valence-corrected chi connectivity index (χ1v) is 9.08. The highest BCUT2D eigenvalue weighted by Crippen LogP contribution is 2.21. The van der Waals surface area contributed by atoms with E-state index in [2.05, 4.69) is 20.5 Å². The molecule has 0 saturated heterocycles. The van der Waals surface area contributed by atoms with Crippen LogP contribution in [0, 0.1) is 17.1 Å². The Morgan fingerprint density at radius 3 is 2.93 bits per heavy atom. The topological polar surface area (TPSA) is 105 Å². The van der Waals surface area contributed by atoms with E-state index in [0.29, 0.717) is 30.2 Å². The molecular formula is C20H18FN7O. The predicted octanol–water partition coefficient (Wildman–Crippen LogP) is 2.81. The number of aryl methyl sites for hydroxylation is 1. The normalized spacial score (nSPS) is 10.9. The lowest BCUT2D eigenvalue weighted by Crippen LogP contribution is -2.05. The van der Waals surface area contributed by atoms with E-state index >= 15 is 0 Å². The molecule has 3 heterocycles. The Morgan fingerprint density at radius 1 is 1.21 bits per heavy atom. The minimum atomic E-state index is -0.540. The summed E-state index contributed by atoms with van der Waals surface area (Å²) in [4.78, 5) is 4.38. The van der Waals surface area contributed by atoms with E-state index in [1.165, 1.54) is 6.07 Å². The van der Waals surface area contributed by atoms with Crippen molar-refractivity contribution in [2.24, 2.45) is 0 Å². The number of fused-ring (bicyclic) bond motifs is 1. The molecule has 8 nitrogen and oxygen atoms in total. The molecule has 0 unspecified atom stereocenters. The number of aliphatic hydroxyl groups excluding tert-OH is 1. The van der Waals surface area contributed by atoms with Gasteiger partial charge in [0.05, 0.1) is 23.8 Å². The number of rotatable bonds is 7. The fourth-order valence-electron chi connectivity index (χ4n) is 3.07. The third-order valence-corrected chi connectivity index (χ3v) is 4.50. The second-order valence-electron chi connectivity index (χ2n) is 6.48. The third kappa shape index (κ3) is 3.93. The molecule has 29 heavy (non-hydrogen) atoms. The summed E-state index contributed by atoms with van der Waals surface area (Å²) in [5, 5.41) is 30.9. The van der Waals surface area contributed by atoms with E-state index in [-0.39, 0.29) is 18.7 Å². The van der Waals surface area contributed by atoms with Gasteiger partial charge in [-0.1, -0.05) is 12.1 Å². The molecule has 4 rings (SSSR count). The summed E-state index contributed by atoms with van der Waals surface area (Å²) in [6.45, 7) is 1.01. The number of nitriles is 1. The summed E-state index contributed by atoms with van der Waals surface area (Å²) in [7, 11) is 0. The number of benzene rings is 1. The van der Waals surface area contributed by atoms with Gasteiger partial charge in [0.25, 0.3) is 0 Å². The van der Waals surface area contributed by atoms with Crippen LogP contribution in [-0.4, -0.2) is 36.3 Å². The van der Waals surface area contributed by atoms with Gasteiger partial charge in [0.2, 0.25) is 0 Å². The lowest BCUT2D eigenvalue weighted by atomic mass is 10.1. The van der Waals surface area contributed by atoms with Crippen LogP contribution in [0.4, 0.5) is 16.0 Å². The van der Waals surface area contributed by atoms with Crippen molar-refractivity contribution < 1.29 is 9.50 Å². The molecule has 9 heteroatoms. The second-order valence-corrected chi connectivity index (χ2v) is 6.48. The molecule has 146 valence electrons. The number of hydrogen-bond acceptors (Lipinski definition) is 6. The van der Waals surface area contributed by atoms with Crippen molar-refractivity contribution in [3.63, 3.8) is 0 Å². The molecule has 0 amide bonds. The smallest absolute Gasteiger partial charge is 0.153 e. The number of nitrogens with one attached hydrogen (secondary N) is 1. The van der Waals surface area contributed by atoms with Gasteiger partial charge in [-0.25, -0.2) is 9.37 Å². The Morgan fingerprint density at radius 2 is 2.10 bits per heavy atom. The molecule has 0 aliphatic heterocycles. The van der Waals surface area contributed by atoms with Crippen LogP contribution in [0.15, 0.2) is 48.9 Å². The first-order valence-electron chi connectivity index (χ1n) is 9.08. The van der Waals surface area contributed by atoms with Crippen LogP contribution >= 0.6 is 0 Å². The zero-order chi connectivity index (χ0) is 20.2. The van der Waals surface area contributed by atoms with Crippen LogP contribution in [0.3, 0.4) is 0 Å². The van der Waals surface area contributed by atoms with Gasteiger partial charge in [0, 0.05) is 43.1 Å². The van der Waals surface area contributed by atoms with Crippen LogP contribution in [0.25, 0.3) is 10.9 Å². The van der Waals surface area contributed by atoms with Gasteiger partial charge in [-0.2, -0.15) is 15.5 Å². The molecule has 2 N–H and O–H groups in total. The molecule has 0 aliphatic carbocycles. The summed E-state index contributed by atoms with van der Waals surface area (Å²) in [6, 6.07) is 10.1. The molecular weight excluding hydrogens is 373 g/mol. The summed E-state index contributed by atoms with van der Waals surface area (Å²) in [5.41, 5.74) is 1.39. The maximum absolute atomic E-state index is 13.9. The third-order valence-electron chi connectivity index (χ3n) is 4.50. The fraction of sp³-hybridized carbons (Fsp3) is 0.200. The molecule has 0 spiro atoms. The monoisotopic (exact) mass is 391 g/mol. The molecule has 3 aromatic heterocycles. The van der Waals surface area contributed by atoms with Gasteiger partial charge in [0.15, 0.2) is 5.82 Å². The van der Waals surface area contributed by atoms with E-state index in [9.17, 15) is 9.65 Å². The summed E-state index contributed by atoms with van der Waals surface area (Å²) >= 11 is 0. The van der Waals surface area contributed by atoms with Crippen molar-refractivity contribution in [2.75, 3.05) is 11.9 Å². The second kappa shape index (κ2) is 8.08. The van der Waals surface area contributed by atoms with E-state index in [1.807, 2.05) is 24.4 Å². The van der Waals surface area contributed by atoms with Crippen LogP contribution < -0.4 is 5.32 Å². The van der Waals surface area contributed by atoms with Crippen LogP contribution in [-0.2, 0) is 13.1 Å². The number of halogens is 1. The number of pyridine rings is 1. The maximum atomic E-state index is 13.9. The van der Waals surface area contributed by atoms with Crippen molar-refractivity contribution >= 4 is 22.5 Å². The average Bonchev–Trinajstić information content (AvgIpc) is 3.33. The zero-order valence-corrected chi connectivity index (χ0v) is 15.5. The Kier molecular flexibility index (Phi) is 5.18. The number of hydrogen-bond donors (Lipinski definition) is 2. The van der Waals surface area contributed by atoms with Crippen molar-refractivity contribution in [1.82, 2.24) is 24.5 Å². The van der Waals surface area contributed by atoms with Crippen molar-refractivity contribution in [1.29, 1.82) is 5.26 Å². The standard InChI is InChI=1S/C20H18FN7O/c21-17-4-1-3-14(16(17)10-22)13-28-18-9-20(23-11-15(18)12-24-28)25-19-5-7-27(26-19)6-2-8-29/h1,3-5,7,9,11-12,29H,2,6,8,13H2,(H,23,25,26). The maximum Gasteiger partial charge on any atom is 0.153 e. The van der Waals surface area contributed by atoms with Gasteiger partial charge in [-0.3, -0.25) is 9.36 Å². The summed E-state index contributed by atoms with van der Waals surface area (Å²) in [6.07, 6.45) is 5.84. The van der Waals surface area contributed by atoms with E-state index in [1.54, 1.807) is 33.9 Å². The average molecular weight is 391 g/mol. The largest absolute Gasteiger partial charge is 0.396 e. The number of aromatic nitrogens is 5. The van der Waals surface area contributed by atoms with Gasteiger partial charge in [-0.05, 0) is 18.1 Å². The highest BCUT2D eigenvalue weighted by molar-refractivity contribution is 5.81. The highest BCUT2D eigenvalue weighted by Gasteiger charge is 2.11. The molecule has 4 aromatic rings. The Hall–Kier alpha value is -3.77. The molecule has 0 atom stereocenters. The highest BCUT2D eigenvalue weighted by atomic mass is 19.1. The minimum absolute atomic E-state index is 0.0250. The summed E-state index contributed by atoms with van der Waals surface area (Å²) < 4.78 is 17.3. The van der Waals surface area contributed by atoms with Gasteiger partial charge in [-0.15, -0.1) is 0 Å². The number of aliphatic hydroxyl groups is 1. The Labute approximate surface area is 165 Å². The number of anilines is 2. The van der Waals surface area contributed by atoms with Crippen LogP contribution in [0.2, 0.25) is 0 Å². The first-order chi connectivity index (χ1) is 14.2. The zero-order valence-electron chi connectivity index (χ0n) is 15.5. The molecule has 0 bridgehead atoms. The lowest BCUT2D eigenvalue weighted by Gasteiger charge is -2.08. The molecule has 0 saturated carbocycles. The SMILES string of the molecule is N#Cc1c(F)cccc1Cn1ncc2cnc(Nc3ccn(CCCO)n3)cc21. The number of nitrogens with zero attached hydrogens (tertiary/aromatic N) is 6. The van der Waals surface area contributed by atoms with Crippen molar-refractivity contribution in [3.8, 4) is 6.07 Å². The van der Waals surface area contributed by atoms with Gasteiger partial charge >= 0.3 is 0 Å². The fourth-order valence-corrected chi connectivity index (χ4v) is 3.07. The predicted molar refractivity (Wildman–Crippen MR) is 105 cm³/mol. The van der Waals surface area contributed by atoms with Gasteiger partial charge in [0.1, 0.15) is 17.7 Å². The van der Waals surface area contributed by atoms with Crippen molar-refractivity contribution in [2.45, 2.75) is 19.5 Å². The van der Waals surface area contributed by atoms with Gasteiger partial charge < -0.3 is 10.4 Å². The lowest BCUT2D eigenvalue weighted by molar-refractivity contribution is 0.277. The molecule has 1 aromatic carbocycles. The quantitative estimate of drug-likeness (QED) is 0.502. The molecule has 0 fully saturated rings. The summed E-state index contributed by atoms with van der Waals surface area (Å²) in [5.74, 6) is 0.687. The molecule has 0 aliphatic rings.